The minimum atomic E-state index is -0.272. The number of benzene rings is 9. The highest BCUT2D eigenvalue weighted by Crippen LogP contribution is 2.64. The first-order chi connectivity index (χ1) is 43.8. The molecule has 0 N–H and O–H groups in total. The summed E-state index contributed by atoms with van der Waals surface area (Å²) in [5, 5.41) is 2.29. The van der Waals surface area contributed by atoms with Crippen LogP contribution in [0.25, 0.3) is 33.1 Å². The van der Waals surface area contributed by atoms with Gasteiger partial charge in [0, 0.05) is 78.6 Å². The molecule has 2 unspecified atom stereocenters. The fourth-order valence-electron chi connectivity index (χ4n) is 20.3. The minimum Gasteiger partial charge on any atom is -0.456 e. The Hall–Kier alpha value is -7.76. The van der Waals surface area contributed by atoms with Crippen molar-refractivity contribution in [1.29, 1.82) is 0 Å². The Kier molecular flexibility index (Phi) is 11.9. The summed E-state index contributed by atoms with van der Waals surface area (Å²) in [5.74, 6) is 0. The second-order valence-electron chi connectivity index (χ2n) is 35.1. The number of hydrogen-bond acceptors (Lipinski definition) is 4. The van der Waals surface area contributed by atoms with Gasteiger partial charge in [0.25, 0.3) is 6.71 Å². The quantitative estimate of drug-likeness (QED) is 0.164. The van der Waals surface area contributed by atoms with E-state index in [9.17, 15) is 0 Å². The molecule has 10 aromatic rings. The lowest BCUT2D eigenvalue weighted by Crippen LogP contribution is -2.62. The minimum absolute atomic E-state index is 0.0138. The second-order valence-corrected chi connectivity index (χ2v) is 35.1. The van der Waals surface area contributed by atoms with Gasteiger partial charge in [0.1, 0.15) is 11.2 Å². The Bertz CT molecular complexity index is 4900. The first kappa shape index (κ1) is 59.0. The molecule has 0 saturated heterocycles. The van der Waals surface area contributed by atoms with Crippen LogP contribution in [-0.2, 0) is 43.3 Å². The molecule has 2 atom stereocenters. The highest BCUT2D eigenvalue weighted by molar-refractivity contribution is 7.00. The van der Waals surface area contributed by atoms with E-state index in [2.05, 4.69) is 297 Å². The summed E-state index contributed by atoms with van der Waals surface area (Å²) in [7, 11) is 0. The first-order valence-corrected chi connectivity index (χ1v) is 35.2. The maximum absolute atomic E-state index is 6.94. The maximum atomic E-state index is 6.94. The van der Waals surface area contributed by atoms with Crippen LogP contribution in [0.5, 0.6) is 0 Å². The monoisotopic (exact) mass is 1220 g/mol. The molecule has 4 heterocycles. The number of furan rings is 1. The van der Waals surface area contributed by atoms with Gasteiger partial charge in [-0.25, -0.2) is 0 Å². The molecule has 1 aromatic heterocycles. The molecule has 9 aromatic carbocycles. The predicted octanol–water partition coefficient (Wildman–Crippen LogP) is 22.0. The normalized spacial score (nSPS) is 22.5. The van der Waals surface area contributed by atoms with Gasteiger partial charge >= 0.3 is 0 Å². The van der Waals surface area contributed by atoms with E-state index < -0.39 is 0 Å². The van der Waals surface area contributed by atoms with Gasteiger partial charge in [0.05, 0.1) is 5.54 Å². The molecular weight excluding hydrogens is 1130 g/mol. The lowest BCUT2D eigenvalue weighted by atomic mass is 9.32. The molecule has 0 bridgehead atoms. The summed E-state index contributed by atoms with van der Waals surface area (Å²) >= 11 is 0. The third-order valence-corrected chi connectivity index (χ3v) is 25.8. The summed E-state index contributed by atoms with van der Waals surface area (Å²) in [5.41, 5.74) is 33.5. The molecule has 0 radical (unpaired) electrons. The van der Waals surface area contributed by atoms with E-state index in [1.807, 2.05) is 0 Å². The van der Waals surface area contributed by atoms with Gasteiger partial charge in [0.15, 0.2) is 0 Å². The average Bonchev–Trinajstić information content (AvgIpc) is 1.52. The smallest absolute Gasteiger partial charge is 0.252 e. The molecule has 4 nitrogen and oxygen atoms in total. The summed E-state index contributed by atoms with van der Waals surface area (Å²) in [6.07, 6.45) is 8.02. The van der Waals surface area contributed by atoms with E-state index in [1.54, 1.807) is 0 Å². The second kappa shape index (κ2) is 18.8. The number of aryl methyl sites for hydroxylation is 1. The standard InChI is InChI=1S/C88H94BN3O/c1-52-41-62-64(82(7,8)40-39-81(62,5)6)48-72(52)91-74-50-67-66(85(13,14)60-26-20-21-27-61(60)86(67,15)16)47-70(74)89-69-46-63-65(84(11,12)51-83(63,9)10)49-73(69)90(56-34-35-59-58-25-19-22-28-77(58)93-78(59)45-56)75-43-57(44-76(91)79(75)89)92-71-36-31-54(53-29-32-55(33-30-53)80(2,3)4)42-68(71)87(17)37-23-24-38-88(87,92)18/h19-22,25-36,41-50H,23-24,37-40,51H2,1-18H3. The van der Waals surface area contributed by atoms with Crippen molar-refractivity contribution in [3.8, 4) is 11.1 Å². The zero-order chi connectivity index (χ0) is 65.0. The third kappa shape index (κ3) is 7.98. The molecule has 3 aliphatic heterocycles. The summed E-state index contributed by atoms with van der Waals surface area (Å²) < 4.78 is 6.94. The lowest BCUT2D eigenvalue weighted by Gasteiger charge is -2.51. The topological polar surface area (TPSA) is 22.9 Å². The number of rotatable bonds is 4. The Labute approximate surface area is 554 Å². The van der Waals surface area contributed by atoms with Gasteiger partial charge in [-0.05, 0) is 222 Å². The van der Waals surface area contributed by atoms with E-state index in [4.69, 9.17) is 4.42 Å². The van der Waals surface area contributed by atoms with Crippen LogP contribution < -0.4 is 31.1 Å². The molecule has 1 fully saturated rings. The van der Waals surface area contributed by atoms with Gasteiger partial charge in [-0.15, -0.1) is 0 Å². The van der Waals surface area contributed by atoms with Gasteiger partial charge in [-0.1, -0.05) is 215 Å². The van der Waals surface area contributed by atoms with Gasteiger partial charge in [-0.2, -0.15) is 0 Å². The van der Waals surface area contributed by atoms with Crippen molar-refractivity contribution < 1.29 is 4.42 Å². The van der Waals surface area contributed by atoms with Crippen molar-refractivity contribution in [2.75, 3.05) is 14.7 Å². The fourth-order valence-corrected chi connectivity index (χ4v) is 20.3. The molecule has 93 heavy (non-hydrogen) atoms. The third-order valence-electron chi connectivity index (χ3n) is 25.8. The summed E-state index contributed by atoms with van der Waals surface area (Å²) in [4.78, 5) is 8.40. The molecule has 5 heteroatoms. The van der Waals surface area contributed by atoms with Crippen LogP contribution in [0.1, 0.15) is 224 Å². The van der Waals surface area contributed by atoms with Crippen LogP contribution in [-0.4, -0.2) is 12.3 Å². The number of fused-ring (bicyclic) bond motifs is 14. The Balaban J connectivity index is 1.02. The van der Waals surface area contributed by atoms with Crippen LogP contribution in [0, 0.1) is 6.92 Å². The van der Waals surface area contributed by atoms with Gasteiger partial charge in [0.2, 0.25) is 0 Å². The number of anilines is 8. The average molecular weight is 1220 g/mol. The van der Waals surface area contributed by atoms with Crippen molar-refractivity contribution in [2.45, 2.75) is 218 Å². The molecule has 0 amide bonds. The van der Waals surface area contributed by atoms with Crippen LogP contribution >= 0.6 is 0 Å². The molecule has 7 aliphatic rings. The first-order valence-electron chi connectivity index (χ1n) is 35.2. The van der Waals surface area contributed by atoms with Crippen molar-refractivity contribution in [2.24, 2.45) is 0 Å². The molecule has 17 rings (SSSR count). The van der Waals surface area contributed by atoms with Crippen LogP contribution in [0.3, 0.4) is 0 Å². The molecule has 4 aliphatic carbocycles. The molecule has 1 saturated carbocycles. The molecule has 0 spiro atoms. The van der Waals surface area contributed by atoms with Crippen molar-refractivity contribution in [3.63, 3.8) is 0 Å². The Morgan fingerprint density at radius 3 is 1.61 bits per heavy atom. The summed E-state index contributed by atoms with van der Waals surface area (Å²) in [6, 6.07) is 63.5. The largest absolute Gasteiger partial charge is 0.456 e. The van der Waals surface area contributed by atoms with Gasteiger partial charge < -0.3 is 19.1 Å². The highest BCUT2D eigenvalue weighted by Gasteiger charge is 2.59. The van der Waals surface area contributed by atoms with Crippen molar-refractivity contribution in [3.05, 3.63) is 219 Å². The SMILES string of the molecule is Cc1cc2c(cc1N1c3cc4c(cc3B3c5cc6c(cc5N(c5ccc7c(c5)oc5ccccc57)c5cc(N7c8ccc(-c9ccc(C(C)(C)C)cc9)cc8C8(C)CCCCC78C)cc1c53)C(C)(C)CC6(C)C)C(C)(C)c1ccccc1C4(C)C)C(C)(C)CCC2(C)C. The summed E-state index contributed by atoms with van der Waals surface area (Å²) in [6.45, 7) is 44.5. The van der Waals surface area contributed by atoms with Crippen molar-refractivity contribution in [1.82, 2.24) is 0 Å². The number of nitrogens with zero attached hydrogens (tertiary/aromatic N) is 3. The predicted molar refractivity (Wildman–Crippen MR) is 396 cm³/mol. The zero-order valence-electron chi connectivity index (χ0n) is 58.8. The number of hydrogen-bond donors (Lipinski definition) is 0. The van der Waals surface area contributed by atoms with E-state index in [0.29, 0.717) is 0 Å². The fraction of sp³-hybridized carbons (Fsp3) is 0.386. The van der Waals surface area contributed by atoms with Gasteiger partial charge in [-0.3, -0.25) is 0 Å². The van der Waals surface area contributed by atoms with E-state index in [0.717, 1.165) is 53.3 Å². The van der Waals surface area contributed by atoms with Crippen LogP contribution in [0.15, 0.2) is 162 Å². The van der Waals surface area contributed by atoms with E-state index >= 15 is 0 Å². The Morgan fingerprint density at radius 1 is 0.398 bits per heavy atom. The molecular formula is C88H94BN3O. The Morgan fingerprint density at radius 2 is 0.935 bits per heavy atom. The molecule has 470 valence electrons. The van der Waals surface area contributed by atoms with Crippen LogP contribution in [0.2, 0.25) is 0 Å². The van der Waals surface area contributed by atoms with Crippen LogP contribution in [0.4, 0.5) is 45.5 Å². The van der Waals surface area contributed by atoms with E-state index in [1.165, 1.54) is 148 Å². The number of para-hydroxylation sites is 1. The van der Waals surface area contributed by atoms with E-state index in [-0.39, 0.29) is 55.6 Å². The highest BCUT2D eigenvalue weighted by atomic mass is 16.3. The lowest BCUT2D eigenvalue weighted by molar-refractivity contribution is 0.195. The van der Waals surface area contributed by atoms with Crippen molar-refractivity contribution >= 4 is 90.5 Å². The maximum Gasteiger partial charge on any atom is 0.252 e. The zero-order valence-corrected chi connectivity index (χ0v) is 58.8.